The summed E-state index contributed by atoms with van der Waals surface area (Å²) in [5.74, 6) is 0.294. The highest BCUT2D eigenvalue weighted by Crippen LogP contribution is 2.35. The second kappa shape index (κ2) is 8.19. The van der Waals surface area contributed by atoms with Crippen LogP contribution in [0.3, 0.4) is 0 Å². The van der Waals surface area contributed by atoms with E-state index in [1.807, 2.05) is 30.3 Å². The molecule has 0 radical (unpaired) electrons. The van der Waals surface area contributed by atoms with Crippen molar-refractivity contribution in [3.05, 3.63) is 76.8 Å². The third kappa shape index (κ3) is 4.28. The summed E-state index contributed by atoms with van der Waals surface area (Å²) in [7, 11) is 0. The Morgan fingerprint density at radius 3 is 2.57 bits per heavy atom. The molecule has 4 aromatic rings. The molecule has 0 atom stereocenters. The average molecular weight is 429 g/mol. The minimum atomic E-state index is -0.279. The van der Waals surface area contributed by atoms with Crippen molar-refractivity contribution < 1.29 is 9.53 Å². The van der Waals surface area contributed by atoms with E-state index < -0.39 is 0 Å². The summed E-state index contributed by atoms with van der Waals surface area (Å²) in [6, 6.07) is 20.1. The molecule has 7 heteroatoms. The van der Waals surface area contributed by atoms with E-state index in [0.717, 1.165) is 20.8 Å². The van der Waals surface area contributed by atoms with Crippen LogP contribution in [-0.4, -0.2) is 17.5 Å². The van der Waals surface area contributed by atoms with Crippen LogP contribution >= 0.6 is 34.5 Å². The summed E-state index contributed by atoms with van der Waals surface area (Å²) < 4.78 is 6.54. The molecule has 0 bridgehead atoms. The van der Waals surface area contributed by atoms with Gasteiger partial charge in [-0.1, -0.05) is 35.3 Å². The second-order valence-corrected chi connectivity index (χ2v) is 7.85. The lowest BCUT2D eigenvalue weighted by Crippen LogP contribution is -2.20. The Morgan fingerprint density at radius 2 is 1.82 bits per heavy atom. The van der Waals surface area contributed by atoms with Crippen molar-refractivity contribution in [2.45, 2.75) is 0 Å². The zero-order valence-electron chi connectivity index (χ0n) is 14.5. The maximum absolute atomic E-state index is 12.1. The van der Waals surface area contributed by atoms with Crippen LogP contribution in [0.5, 0.6) is 5.75 Å². The van der Waals surface area contributed by atoms with Crippen LogP contribution < -0.4 is 10.1 Å². The molecule has 3 aromatic carbocycles. The maximum Gasteiger partial charge on any atom is 0.262 e. The highest BCUT2D eigenvalue weighted by Gasteiger charge is 2.11. The molecule has 0 spiro atoms. The smallest absolute Gasteiger partial charge is 0.262 e. The highest BCUT2D eigenvalue weighted by molar-refractivity contribution is 7.21. The first-order chi connectivity index (χ1) is 13.6. The van der Waals surface area contributed by atoms with Crippen LogP contribution in [0.25, 0.3) is 20.8 Å². The van der Waals surface area contributed by atoms with E-state index in [1.165, 1.54) is 0 Å². The van der Waals surface area contributed by atoms with Gasteiger partial charge in [0.15, 0.2) is 6.61 Å². The molecule has 0 aliphatic heterocycles. The van der Waals surface area contributed by atoms with Gasteiger partial charge in [-0.05, 0) is 54.6 Å². The van der Waals surface area contributed by atoms with Crippen molar-refractivity contribution in [3.63, 3.8) is 0 Å². The predicted octanol–water partition coefficient (Wildman–Crippen LogP) is 6.29. The molecule has 0 saturated carbocycles. The normalized spacial score (nSPS) is 10.8. The van der Waals surface area contributed by atoms with Crippen LogP contribution in [0.1, 0.15) is 0 Å². The number of nitrogens with one attached hydrogen (secondary N) is 1. The number of fused-ring (bicyclic) bond motifs is 1. The average Bonchev–Trinajstić information content (AvgIpc) is 3.11. The highest BCUT2D eigenvalue weighted by atomic mass is 35.5. The summed E-state index contributed by atoms with van der Waals surface area (Å²) in [6.45, 7) is -0.112. The lowest BCUT2D eigenvalue weighted by atomic mass is 10.2. The van der Waals surface area contributed by atoms with Gasteiger partial charge in [-0.3, -0.25) is 4.79 Å². The number of carbonyl (C=O) groups excluding carboxylic acids is 1. The van der Waals surface area contributed by atoms with Crippen molar-refractivity contribution >= 4 is 56.3 Å². The first-order valence-electron chi connectivity index (χ1n) is 8.42. The Labute approximate surface area is 175 Å². The van der Waals surface area contributed by atoms with Gasteiger partial charge in [0.1, 0.15) is 10.8 Å². The number of thiazole rings is 1. The van der Waals surface area contributed by atoms with E-state index in [2.05, 4.69) is 10.3 Å². The van der Waals surface area contributed by atoms with Gasteiger partial charge in [0.05, 0.1) is 15.2 Å². The first kappa shape index (κ1) is 18.7. The van der Waals surface area contributed by atoms with Crippen LogP contribution in [-0.2, 0) is 4.79 Å². The van der Waals surface area contributed by atoms with Crippen LogP contribution in [0.4, 0.5) is 5.69 Å². The molecular weight excluding hydrogens is 415 g/mol. The lowest BCUT2D eigenvalue weighted by Gasteiger charge is -2.09. The van der Waals surface area contributed by atoms with Crippen LogP contribution in [0, 0.1) is 0 Å². The van der Waals surface area contributed by atoms with Crippen molar-refractivity contribution in [2.24, 2.45) is 0 Å². The lowest BCUT2D eigenvalue weighted by molar-refractivity contribution is -0.118. The molecule has 1 aromatic heterocycles. The monoisotopic (exact) mass is 428 g/mol. The van der Waals surface area contributed by atoms with Crippen LogP contribution in [0.2, 0.25) is 10.0 Å². The summed E-state index contributed by atoms with van der Waals surface area (Å²) in [5.41, 5.74) is 2.37. The molecule has 0 unspecified atom stereocenters. The van der Waals surface area contributed by atoms with Crippen molar-refractivity contribution in [1.29, 1.82) is 0 Å². The van der Waals surface area contributed by atoms with E-state index in [0.29, 0.717) is 21.5 Å². The number of benzene rings is 3. The van der Waals surface area contributed by atoms with Gasteiger partial charge in [0.2, 0.25) is 0 Å². The number of nitrogens with zero attached hydrogens (tertiary/aromatic N) is 1. The van der Waals surface area contributed by atoms with E-state index in [4.69, 9.17) is 27.9 Å². The van der Waals surface area contributed by atoms with Crippen molar-refractivity contribution in [3.8, 4) is 16.3 Å². The molecule has 1 N–H and O–H groups in total. The Bertz CT molecular complexity index is 1110. The summed E-state index contributed by atoms with van der Waals surface area (Å²) in [4.78, 5) is 16.7. The van der Waals surface area contributed by atoms with Crippen molar-refractivity contribution in [2.75, 3.05) is 11.9 Å². The predicted molar refractivity (Wildman–Crippen MR) is 116 cm³/mol. The van der Waals surface area contributed by atoms with E-state index >= 15 is 0 Å². The fraction of sp³-hybridized carbons (Fsp3) is 0.0476. The van der Waals surface area contributed by atoms with Gasteiger partial charge in [-0.15, -0.1) is 11.3 Å². The molecular formula is C21H14Cl2N2O2S. The second-order valence-electron chi connectivity index (χ2n) is 5.97. The Balaban J connectivity index is 1.43. The Kier molecular flexibility index (Phi) is 5.48. The molecule has 0 fully saturated rings. The SMILES string of the molecule is O=C(COc1ccc(Cl)cc1)Nc1ccc(-c2nc3ccccc3s2)c(Cl)c1. The van der Waals surface area contributed by atoms with Gasteiger partial charge >= 0.3 is 0 Å². The van der Waals surface area contributed by atoms with E-state index in [-0.39, 0.29) is 12.5 Å². The minimum absolute atomic E-state index is 0.112. The molecule has 140 valence electrons. The number of carbonyl (C=O) groups is 1. The number of hydrogen-bond donors (Lipinski definition) is 1. The third-order valence-corrected chi connectivity index (χ3v) is 5.60. The topological polar surface area (TPSA) is 51.2 Å². The number of aromatic nitrogens is 1. The van der Waals surface area contributed by atoms with E-state index in [9.17, 15) is 4.79 Å². The van der Waals surface area contributed by atoms with Crippen molar-refractivity contribution in [1.82, 2.24) is 4.98 Å². The number of rotatable bonds is 5. The zero-order valence-corrected chi connectivity index (χ0v) is 16.8. The Hall–Kier alpha value is -2.60. The largest absolute Gasteiger partial charge is 0.484 e. The number of ether oxygens (including phenoxy) is 1. The molecule has 28 heavy (non-hydrogen) atoms. The van der Waals surface area contributed by atoms with Gasteiger partial charge in [-0.2, -0.15) is 0 Å². The molecule has 0 aliphatic rings. The van der Waals surface area contributed by atoms with Gasteiger partial charge in [-0.25, -0.2) is 4.98 Å². The molecule has 0 saturated heterocycles. The number of para-hydroxylation sites is 1. The molecule has 0 aliphatic carbocycles. The minimum Gasteiger partial charge on any atom is -0.484 e. The van der Waals surface area contributed by atoms with Gasteiger partial charge < -0.3 is 10.1 Å². The zero-order chi connectivity index (χ0) is 19.5. The Morgan fingerprint density at radius 1 is 1.04 bits per heavy atom. The molecule has 4 nitrogen and oxygen atoms in total. The maximum atomic E-state index is 12.1. The number of halogens is 2. The fourth-order valence-corrected chi connectivity index (χ4v) is 4.09. The summed E-state index contributed by atoms with van der Waals surface area (Å²) >= 11 is 13.8. The summed E-state index contributed by atoms with van der Waals surface area (Å²) in [5, 5.41) is 4.76. The number of amides is 1. The van der Waals surface area contributed by atoms with Crippen LogP contribution in [0.15, 0.2) is 66.7 Å². The van der Waals surface area contributed by atoms with Gasteiger partial charge in [0.25, 0.3) is 5.91 Å². The molecule has 4 rings (SSSR count). The number of anilines is 1. The van der Waals surface area contributed by atoms with E-state index in [1.54, 1.807) is 47.7 Å². The fourth-order valence-electron chi connectivity index (χ4n) is 2.63. The number of hydrogen-bond acceptors (Lipinski definition) is 4. The standard InChI is InChI=1S/C21H14Cl2N2O2S/c22-13-5-8-15(9-6-13)27-12-20(26)24-14-7-10-16(17(23)11-14)21-25-18-3-1-2-4-19(18)28-21/h1-11H,12H2,(H,24,26). The third-order valence-electron chi connectivity index (χ3n) is 3.96. The van der Waals surface area contributed by atoms with Gasteiger partial charge in [0, 0.05) is 16.3 Å². The quantitative estimate of drug-likeness (QED) is 0.406. The first-order valence-corrected chi connectivity index (χ1v) is 9.99. The molecule has 1 amide bonds. The summed E-state index contributed by atoms with van der Waals surface area (Å²) in [6.07, 6.45) is 0. The molecule has 1 heterocycles.